The summed E-state index contributed by atoms with van der Waals surface area (Å²) in [6.07, 6.45) is 0. The molecule has 6 heteroatoms. The summed E-state index contributed by atoms with van der Waals surface area (Å²) in [4.78, 5) is 17.9. The number of hydrogen-bond donors (Lipinski definition) is 0. The quantitative estimate of drug-likeness (QED) is 0.361. The molecule has 4 aromatic rings. The Balaban J connectivity index is 1.48. The largest absolute Gasteiger partial charge is 0.491 e. The maximum atomic E-state index is 13.1. The Bertz CT molecular complexity index is 1240. The van der Waals surface area contributed by atoms with Crippen LogP contribution in [0.15, 0.2) is 77.6 Å². The van der Waals surface area contributed by atoms with Gasteiger partial charge in [0, 0.05) is 10.6 Å². The van der Waals surface area contributed by atoms with Gasteiger partial charge in [0.25, 0.3) is 5.56 Å². The van der Waals surface area contributed by atoms with Crippen molar-refractivity contribution >= 4 is 22.5 Å². The summed E-state index contributed by atoms with van der Waals surface area (Å²) < 4.78 is 13.2. The number of aromatic nitrogens is 2. The van der Waals surface area contributed by atoms with Gasteiger partial charge >= 0.3 is 0 Å². The standard InChI is InChI=1S/C25H23ClN2O3/c1-18-6-2-5-9-23(18)31-17-16-30-15-14-28-24(19-10-12-20(26)13-11-19)27-22-8-4-3-7-21(22)25(28)29/h2-13H,14-17H2,1H3. The van der Waals surface area contributed by atoms with E-state index in [0.29, 0.717) is 48.1 Å². The van der Waals surface area contributed by atoms with Gasteiger partial charge in [0.15, 0.2) is 0 Å². The molecule has 0 aliphatic carbocycles. The molecule has 0 radical (unpaired) electrons. The minimum Gasteiger partial charge on any atom is -0.491 e. The molecule has 0 spiro atoms. The summed E-state index contributed by atoms with van der Waals surface area (Å²) in [5.74, 6) is 1.45. The first-order valence-corrected chi connectivity index (χ1v) is 10.5. The molecule has 0 bridgehead atoms. The van der Waals surface area contributed by atoms with Crippen LogP contribution in [-0.2, 0) is 11.3 Å². The molecule has 0 N–H and O–H groups in total. The molecule has 0 fully saturated rings. The van der Waals surface area contributed by atoms with Crippen LogP contribution < -0.4 is 10.3 Å². The number of fused-ring (bicyclic) bond motifs is 1. The Morgan fingerprint density at radius 3 is 2.45 bits per heavy atom. The van der Waals surface area contributed by atoms with Gasteiger partial charge < -0.3 is 9.47 Å². The summed E-state index contributed by atoms with van der Waals surface area (Å²) in [5, 5.41) is 1.22. The van der Waals surface area contributed by atoms with Crippen molar-refractivity contribution < 1.29 is 9.47 Å². The molecule has 4 rings (SSSR count). The number of halogens is 1. The normalized spacial score (nSPS) is 11.0. The van der Waals surface area contributed by atoms with E-state index in [2.05, 4.69) is 0 Å². The van der Waals surface area contributed by atoms with Crippen LogP contribution in [0.25, 0.3) is 22.3 Å². The predicted molar refractivity (Wildman–Crippen MR) is 124 cm³/mol. The fourth-order valence-electron chi connectivity index (χ4n) is 3.38. The van der Waals surface area contributed by atoms with Crippen molar-refractivity contribution in [2.75, 3.05) is 19.8 Å². The van der Waals surface area contributed by atoms with Crippen molar-refractivity contribution in [3.63, 3.8) is 0 Å². The molecule has 0 atom stereocenters. The third-order valence-electron chi connectivity index (χ3n) is 5.00. The molecule has 0 aliphatic heterocycles. The molecule has 0 aliphatic rings. The molecular weight excluding hydrogens is 412 g/mol. The van der Waals surface area contributed by atoms with Crippen LogP contribution >= 0.6 is 11.6 Å². The highest BCUT2D eigenvalue weighted by Gasteiger charge is 2.12. The van der Waals surface area contributed by atoms with Crippen LogP contribution in [0.1, 0.15) is 5.56 Å². The Kier molecular flexibility index (Phi) is 6.65. The van der Waals surface area contributed by atoms with E-state index in [4.69, 9.17) is 26.1 Å². The highest BCUT2D eigenvalue weighted by Crippen LogP contribution is 2.21. The van der Waals surface area contributed by atoms with Crippen LogP contribution in [0.5, 0.6) is 5.75 Å². The van der Waals surface area contributed by atoms with Crippen molar-refractivity contribution in [3.05, 3.63) is 93.7 Å². The smallest absolute Gasteiger partial charge is 0.261 e. The number of nitrogens with zero attached hydrogens (tertiary/aromatic N) is 2. The fourth-order valence-corrected chi connectivity index (χ4v) is 3.51. The molecule has 5 nitrogen and oxygen atoms in total. The van der Waals surface area contributed by atoms with E-state index in [9.17, 15) is 4.79 Å². The third kappa shape index (κ3) is 4.95. The van der Waals surface area contributed by atoms with Crippen LogP contribution in [-0.4, -0.2) is 29.4 Å². The van der Waals surface area contributed by atoms with Gasteiger partial charge in [-0.05, 0) is 55.0 Å². The predicted octanol–water partition coefficient (Wildman–Crippen LogP) is 5.12. The van der Waals surface area contributed by atoms with Crippen molar-refractivity contribution in [3.8, 4) is 17.1 Å². The second-order valence-corrected chi connectivity index (χ2v) is 7.58. The van der Waals surface area contributed by atoms with E-state index in [0.717, 1.165) is 16.9 Å². The number of rotatable bonds is 8. The zero-order valence-corrected chi connectivity index (χ0v) is 18.0. The second kappa shape index (κ2) is 9.77. The highest BCUT2D eigenvalue weighted by atomic mass is 35.5. The van der Waals surface area contributed by atoms with Gasteiger partial charge in [0.05, 0.1) is 30.7 Å². The number of aryl methyl sites for hydroxylation is 1. The molecule has 31 heavy (non-hydrogen) atoms. The molecule has 0 saturated carbocycles. The van der Waals surface area contributed by atoms with Crippen molar-refractivity contribution in [1.29, 1.82) is 0 Å². The minimum atomic E-state index is -0.0877. The molecule has 158 valence electrons. The van der Waals surface area contributed by atoms with E-state index in [-0.39, 0.29) is 5.56 Å². The summed E-state index contributed by atoms with van der Waals surface area (Å²) in [5.41, 5.74) is 2.50. The Labute approximate surface area is 185 Å². The molecule has 0 amide bonds. The Morgan fingerprint density at radius 2 is 1.65 bits per heavy atom. The van der Waals surface area contributed by atoms with Gasteiger partial charge in [0.1, 0.15) is 18.2 Å². The van der Waals surface area contributed by atoms with Gasteiger partial charge in [-0.15, -0.1) is 0 Å². The maximum absolute atomic E-state index is 13.1. The topological polar surface area (TPSA) is 53.4 Å². The maximum Gasteiger partial charge on any atom is 0.261 e. The summed E-state index contributed by atoms with van der Waals surface area (Å²) in [6.45, 7) is 3.64. The SMILES string of the molecule is Cc1ccccc1OCCOCCn1c(-c2ccc(Cl)cc2)nc2ccccc2c1=O. The summed E-state index contributed by atoms with van der Waals surface area (Å²) in [6, 6.07) is 22.6. The fraction of sp³-hybridized carbons (Fsp3) is 0.200. The molecule has 1 aromatic heterocycles. The molecule has 0 unspecified atom stereocenters. The van der Waals surface area contributed by atoms with Crippen LogP contribution in [0.2, 0.25) is 5.02 Å². The zero-order valence-electron chi connectivity index (χ0n) is 17.3. The monoisotopic (exact) mass is 434 g/mol. The van der Waals surface area contributed by atoms with Gasteiger partial charge in [-0.25, -0.2) is 4.98 Å². The van der Waals surface area contributed by atoms with Gasteiger partial charge in [-0.2, -0.15) is 0 Å². The van der Waals surface area contributed by atoms with Crippen molar-refractivity contribution in [2.45, 2.75) is 13.5 Å². The van der Waals surface area contributed by atoms with E-state index < -0.39 is 0 Å². The second-order valence-electron chi connectivity index (χ2n) is 7.14. The molecule has 0 saturated heterocycles. The van der Waals surface area contributed by atoms with Crippen LogP contribution in [0, 0.1) is 6.92 Å². The van der Waals surface area contributed by atoms with Gasteiger partial charge in [-0.3, -0.25) is 9.36 Å². The average molecular weight is 435 g/mol. The number of hydrogen-bond acceptors (Lipinski definition) is 4. The molecule has 3 aromatic carbocycles. The van der Waals surface area contributed by atoms with E-state index in [1.807, 2.05) is 61.5 Å². The molecular formula is C25H23ClN2O3. The lowest BCUT2D eigenvalue weighted by Gasteiger charge is -2.14. The number of para-hydroxylation sites is 2. The third-order valence-corrected chi connectivity index (χ3v) is 5.25. The van der Waals surface area contributed by atoms with Crippen LogP contribution in [0.3, 0.4) is 0 Å². The first-order chi connectivity index (χ1) is 15.1. The van der Waals surface area contributed by atoms with E-state index in [1.54, 1.807) is 22.8 Å². The lowest BCUT2D eigenvalue weighted by molar-refractivity contribution is 0.0938. The van der Waals surface area contributed by atoms with Crippen LogP contribution in [0.4, 0.5) is 0 Å². The van der Waals surface area contributed by atoms with Gasteiger partial charge in [0.2, 0.25) is 0 Å². The average Bonchev–Trinajstić information content (AvgIpc) is 2.79. The summed E-state index contributed by atoms with van der Waals surface area (Å²) >= 11 is 6.03. The molecule has 1 heterocycles. The first kappa shape index (κ1) is 21.1. The minimum absolute atomic E-state index is 0.0877. The summed E-state index contributed by atoms with van der Waals surface area (Å²) in [7, 11) is 0. The zero-order chi connectivity index (χ0) is 21.6. The highest BCUT2D eigenvalue weighted by molar-refractivity contribution is 6.30. The number of ether oxygens (including phenoxy) is 2. The lowest BCUT2D eigenvalue weighted by atomic mass is 10.2. The Morgan fingerprint density at radius 1 is 0.903 bits per heavy atom. The van der Waals surface area contributed by atoms with E-state index in [1.165, 1.54) is 0 Å². The van der Waals surface area contributed by atoms with Gasteiger partial charge in [-0.1, -0.05) is 41.9 Å². The van der Waals surface area contributed by atoms with Crippen molar-refractivity contribution in [2.24, 2.45) is 0 Å². The van der Waals surface area contributed by atoms with Crippen molar-refractivity contribution in [1.82, 2.24) is 9.55 Å². The first-order valence-electron chi connectivity index (χ1n) is 10.1. The Hall–Kier alpha value is -3.15. The lowest BCUT2D eigenvalue weighted by Crippen LogP contribution is -2.26. The van der Waals surface area contributed by atoms with E-state index >= 15 is 0 Å². The number of benzene rings is 3.